The third-order valence-corrected chi connectivity index (χ3v) is 4.35. The van der Waals surface area contributed by atoms with E-state index in [0.717, 1.165) is 5.56 Å². The van der Waals surface area contributed by atoms with Crippen LogP contribution in [0.4, 0.5) is 0 Å². The van der Waals surface area contributed by atoms with Crippen LogP contribution < -0.4 is 14.2 Å². The molecule has 0 saturated carbocycles. The summed E-state index contributed by atoms with van der Waals surface area (Å²) in [5.41, 5.74) is 0.847. The SMILES string of the molecule is CC#C[C@@H](CC(=O)O)c1ccc(OC[C@H]2COc3c(Cl)cccc3O2)cc1. The Labute approximate surface area is 162 Å². The molecule has 0 radical (unpaired) electrons. The number of aliphatic carboxylic acids is 1. The maximum Gasteiger partial charge on any atom is 0.304 e. The van der Waals surface area contributed by atoms with Crippen LogP contribution in [0, 0.1) is 11.8 Å². The lowest BCUT2D eigenvalue weighted by atomic mass is 9.96. The third-order valence-electron chi connectivity index (χ3n) is 4.05. The van der Waals surface area contributed by atoms with Gasteiger partial charge in [-0.25, -0.2) is 0 Å². The minimum atomic E-state index is -0.877. The van der Waals surface area contributed by atoms with Crippen molar-refractivity contribution in [2.24, 2.45) is 0 Å². The maximum atomic E-state index is 11.0. The second-order valence-corrected chi connectivity index (χ2v) is 6.45. The Morgan fingerprint density at radius 3 is 2.81 bits per heavy atom. The van der Waals surface area contributed by atoms with Gasteiger partial charge in [-0.05, 0) is 36.8 Å². The number of halogens is 1. The average molecular weight is 387 g/mol. The Morgan fingerprint density at radius 2 is 2.11 bits per heavy atom. The van der Waals surface area contributed by atoms with Gasteiger partial charge in [0.25, 0.3) is 0 Å². The lowest BCUT2D eigenvalue weighted by molar-refractivity contribution is -0.137. The summed E-state index contributed by atoms with van der Waals surface area (Å²) in [6.45, 7) is 2.37. The van der Waals surface area contributed by atoms with Crippen molar-refractivity contribution in [3.8, 4) is 29.1 Å². The van der Waals surface area contributed by atoms with Crippen LogP contribution in [0.15, 0.2) is 42.5 Å². The largest absolute Gasteiger partial charge is 0.490 e. The van der Waals surface area contributed by atoms with Crippen molar-refractivity contribution in [3.63, 3.8) is 0 Å². The van der Waals surface area contributed by atoms with Gasteiger partial charge < -0.3 is 19.3 Å². The van der Waals surface area contributed by atoms with Gasteiger partial charge in [-0.15, -0.1) is 5.92 Å². The van der Waals surface area contributed by atoms with Gasteiger partial charge in [0, 0.05) is 0 Å². The van der Waals surface area contributed by atoms with E-state index in [1.54, 1.807) is 37.3 Å². The molecule has 0 aromatic heterocycles. The number of carbonyl (C=O) groups is 1. The number of ether oxygens (including phenoxy) is 3. The molecule has 0 fully saturated rings. The predicted octanol–water partition coefficient (Wildman–Crippen LogP) is 4.14. The predicted molar refractivity (Wildman–Crippen MR) is 102 cm³/mol. The van der Waals surface area contributed by atoms with E-state index in [-0.39, 0.29) is 18.4 Å². The zero-order valence-corrected chi connectivity index (χ0v) is 15.5. The van der Waals surface area contributed by atoms with Gasteiger partial charge in [0.2, 0.25) is 0 Å². The van der Waals surface area contributed by atoms with Crippen LogP contribution in [-0.4, -0.2) is 30.4 Å². The molecule has 1 aliphatic heterocycles. The molecule has 1 heterocycles. The molecule has 2 aromatic carbocycles. The second kappa shape index (κ2) is 8.70. The summed E-state index contributed by atoms with van der Waals surface area (Å²) in [5.74, 6) is 6.32. The monoisotopic (exact) mass is 386 g/mol. The highest BCUT2D eigenvalue weighted by atomic mass is 35.5. The second-order valence-electron chi connectivity index (χ2n) is 6.04. The van der Waals surface area contributed by atoms with E-state index >= 15 is 0 Å². The molecule has 0 saturated heterocycles. The number of carboxylic acid groups (broad SMARTS) is 1. The van der Waals surface area contributed by atoms with Crippen LogP contribution in [0.3, 0.4) is 0 Å². The molecule has 0 aliphatic carbocycles. The fraction of sp³-hybridized carbons (Fsp3) is 0.286. The molecule has 3 rings (SSSR count). The summed E-state index contributed by atoms with van der Waals surface area (Å²) in [7, 11) is 0. The Bertz CT molecular complexity index is 866. The van der Waals surface area contributed by atoms with Crippen molar-refractivity contribution in [3.05, 3.63) is 53.1 Å². The Balaban J connectivity index is 1.59. The molecule has 5 nitrogen and oxygen atoms in total. The van der Waals surface area contributed by atoms with E-state index in [1.165, 1.54) is 0 Å². The van der Waals surface area contributed by atoms with Gasteiger partial charge in [0.1, 0.15) is 19.0 Å². The van der Waals surface area contributed by atoms with Gasteiger partial charge in [-0.2, -0.15) is 0 Å². The minimum absolute atomic E-state index is 0.0315. The molecule has 27 heavy (non-hydrogen) atoms. The maximum absolute atomic E-state index is 11.0. The molecule has 0 bridgehead atoms. The first-order chi connectivity index (χ1) is 13.1. The van der Waals surface area contributed by atoms with E-state index in [9.17, 15) is 4.79 Å². The van der Waals surface area contributed by atoms with E-state index in [1.807, 2.05) is 12.1 Å². The molecular formula is C21H19ClO5. The summed E-state index contributed by atoms with van der Waals surface area (Å²) >= 11 is 6.07. The molecular weight excluding hydrogens is 368 g/mol. The first kappa shape index (κ1) is 18.9. The zero-order chi connectivity index (χ0) is 19.2. The molecule has 1 N–H and O–H groups in total. The fourth-order valence-corrected chi connectivity index (χ4v) is 3.00. The van der Waals surface area contributed by atoms with Crippen molar-refractivity contribution < 1.29 is 24.1 Å². The van der Waals surface area contributed by atoms with Gasteiger partial charge in [0.05, 0.1) is 17.4 Å². The summed E-state index contributed by atoms with van der Waals surface area (Å²) in [4.78, 5) is 11.0. The van der Waals surface area contributed by atoms with E-state index in [0.29, 0.717) is 35.5 Å². The van der Waals surface area contributed by atoms with E-state index in [2.05, 4.69) is 11.8 Å². The molecule has 6 heteroatoms. The van der Waals surface area contributed by atoms with Crippen LogP contribution in [0.2, 0.25) is 5.02 Å². The fourth-order valence-electron chi connectivity index (χ4n) is 2.78. The first-order valence-corrected chi connectivity index (χ1v) is 8.89. The van der Waals surface area contributed by atoms with Crippen LogP contribution in [0.25, 0.3) is 0 Å². The first-order valence-electron chi connectivity index (χ1n) is 8.51. The number of benzene rings is 2. The number of hydrogen-bond acceptors (Lipinski definition) is 4. The van der Waals surface area contributed by atoms with Crippen molar-refractivity contribution in [1.82, 2.24) is 0 Å². The average Bonchev–Trinajstić information content (AvgIpc) is 2.66. The van der Waals surface area contributed by atoms with Crippen LogP contribution >= 0.6 is 11.6 Å². The van der Waals surface area contributed by atoms with Crippen molar-refractivity contribution in [2.45, 2.75) is 25.4 Å². The number of hydrogen-bond donors (Lipinski definition) is 1. The van der Waals surface area contributed by atoms with Crippen molar-refractivity contribution in [2.75, 3.05) is 13.2 Å². The topological polar surface area (TPSA) is 65.0 Å². The molecule has 2 atom stereocenters. The Morgan fingerprint density at radius 1 is 1.33 bits per heavy atom. The molecule has 0 amide bonds. The van der Waals surface area contributed by atoms with Gasteiger partial charge in [-0.3, -0.25) is 4.79 Å². The molecule has 1 aliphatic rings. The quantitative estimate of drug-likeness (QED) is 0.756. The lowest BCUT2D eigenvalue weighted by Crippen LogP contribution is -2.34. The smallest absolute Gasteiger partial charge is 0.304 e. The standard InChI is InChI=1S/C21H19ClO5/c1-2-4-15(11-20(23)24)14-7-9-16(10-8-14)25-12-17-13-26-21-18(22)5-3-6-19(21)27-17/h3,5-10,15,17H,11-13H2,1H3,(H,23,24)/t15-,17-/m0/s1. The summed E-state index contributed by atoms with van der Waals surface area (Å²) in [6.07, 6.45) is -0.280. The number of carboxylic acids is 1. The van der Waals surface area contributed by atoms with Crippen molar-refractivity contribution >= 4 is 17.6 Å². The zero-order valence-electron chi connectivity index (χ0n) is 14.8. The lowest BCUT2D eigenvalue weighted by Gasteiger charge is -2.27. The number of fused-ring (bicyclic) bond motifs is 1. The third kappa shape index (κ3) is 4.87. The Hall–Kier alpha value is -2.84. The molecule has 0 spiro atoms. The van der Waals surface area contributed by atoms with E-state index < -0.39 is 5.97 Å². The van der Waals surface area contributed by atoms with Gasteiger partial charge in [-0.1, -0.05) is 35.7 Å². The van der Waals surface area contributed by atoms with Gasteiger partial charge in [0.15, 0.2) is 17.6 Å². The van der Waals surface area contributed by atoms with Gasteiger partial charge >= 0.3 is 5.97 Å². The highest BCUT2D eigenvalue weighted by Crippen LogP contribution is 2.38. The highest BCUT2D eigenvalue weighted by Gasteiger charge is 2.23. The number of rotatable bonds is 6. The Kier molecular flexibility index (Phi) is 6.10. The normalized spacial score (nSPS) is 16.0. The summed E-state index contributed by atoms with van der Waals surface area (Å²) in [5, 5.41) is 9.54. The number of para-hydroxylation sites is 1. The van der Waals surface area contributed by atoms with Crippen LogP contribution in [0.5, 0.6) is 17.2 Å². The molecule has 2 aromatic rings. The van der Waals surface area contributed by atoms with E-state index in [4.69, 9.17) is 30.9 Å². The summed E-state index contributed by atoms with van der Waals surface area (Å²) < 4.78 is 17.3. The molecule has 0 unspecified atom stereocenters. The minimum Gasteiger partial charge on any atom is -0.490 e. The van der Waals surface area contributed by atoms with Crippen LogP contribution in [-0.2, 0) is 4.79 Å². The molecule has 140 valence electrons. The summed E-state index contributed by atoms with van der Waals surface area (Å²) in [6, 6.07) is 12.6. The van der Waals surface area contributed by atoms with Crippen LogP contribution in [0.1, 0.15) is 24.8 Å². The highest BCUT2D eigenvalue weighted by molar-refractivity contribution is 6.32. The van der Waals surface area contributed by atoms with Crippen molar-refractivity contribution in [1.29, 1.82) is 0 Å².